The summed E-state index contributed by atoms with van der Waals surface area (Å²) >= 11 is 5.70. The summed E-state index contributed by atoms with van der Waals surface area (Å²) in [4.78, 5) is 6.84. The molecular formula is C21H24N4O2S. The Balaban J connectivity index is 1.68. The van der Waals surface area contributed by atoms with E-state index in [-0.39, 0.29) is 12.1 Å². The molecule has 7 heteroatoms. The highest BCUT2D eigenvalue weighted by Gasteiger charge is 2.40. The molecule has 6 nitrogen and oxygen atoms in total. The van der Waals surface area contributed by atoms with E-state index >= 15 is 0 Å². The molecule has 3 aromatic rings. The second-order valence-electron chi connectivity index (χ2n) is 6.81. The molecule has 1 aliphatic heterocycles. The number of furan rings is 1. The van der Waals surface area contributed by atoms with E-state index < -0.39 is 0 Å². The highest BCUT2D eigenvalue weighted by atomic mass is 32.1. The van der Waals surface area contributed by atoms with Crippen molar-refractivity contribution < 1.29 is 9.15 Å². The van der Waals surface area contributed by atoms with E-state index in [1.807, 2.05) is 36.5 Å². The van der Waals surface area contributed by atoms with Crippen LogP contribution in [0.2, 0.25) is 0 Å². The van der Waals surface area contributed by atoms with Crippen LogP contribution < -0.4 is 5.32 Å². The number of ether oxygens (including phenoxy) is 1. The van der Waals surface area contributed by atoms with Gasteiger partial charge in [-0.25, -0.2) is 0 Å². The van der Waals surface area contributed by atoms with Crippen LogP contribution in [0.5, 0.6) is 0 Å². The molecule has 0 radical (unpaired) electrons. The zero-order valence-corrected chi connectivity index (χ0v) is 16.6. The van der Waals surface area contributed by atoms with Gasteiger partial charge in [0.05, 0.1) is 30.6 Å². The minimum absolute atomic E-state index is 0.0125. The maximum atomic E-state index is 5.70. The topological polar surface area (TPSA) is 55.5 Å². The molecule has 0 unspecified atom stereocenters. The maximum Gasteiger partial charge on any atom is 0.170 e. The number of nitrogens with zero attached hydrogens (tertiary/aromatic N) is 3. The fourth-order valence-electron chi connectivity index (χ4n) is 3.76. The zero-order valence-electron chi connectivity index (χ0n) is 15.8. The Morgan fingerprint density at radius 3 is 2.89 bits per heavy atom. The summed E-state index contributed by atoms with van der Waals surface area (Å²) in [6.07, 6.45) is 6.52. The molecule has 1 aliphatic rings. The highest BCUT2D eigenvalue weighted by Crippen LogP contribution is 2.38. The summed E-state index contributed by atoms with van der Waals surface area (Å²) in [5.74, 6) is 0.923. The van der Waals surface area contributed by atoms with Crippen LogP contribution in [0.25, 0.3) is 0 Å². The zero-order chi connectivity index (χ0) is 19.3. The van der Waals surface area contributed by atoms with Crippen molar-refractivity contribution in [1.82, 2.24) is 19.8 Å². The molecule has 146 valence electrons. The Labute approximate surface area is 170 Å². The predicted molar refractivity (Wildman–Crippen MR) is 111 cm³/mol. The lowest BCUT2D eigenvalue weighted by atomic mass is 10.0. The number of thiocarbonyl (C=S) groups is 1. The van der Waals surface area contributed by atoms with Crippen molar-refractivity contribution in [2.24, 2.45) is 0 Å². The molecule has 2 atom stereocenters. The molecule has 1 N–H and O–H groups in total. The van der Waals surface area contributed by atoms with Gasteiger partial charge in [-0.2, -0.15) is 0 Å². The first-order valence-corrected chi connectivity index (χ1v) is 9.83. The van der Waals surface area contributed by atoms with E-state index in [4.69, 9.17) is 21.4 Å². The quantitative estimate of drug-likeness (QED) is 0.464. The monoisotopic (exact) mass is 396 g/mol. The maximum absolute atomic E-state index is 5.70. The third-order valence-corrected chi connectivity index (χ3v) is 5.37. The molecule has 3 aromatic heterocycles. The number of nitrogens with one attached hydrogen (secondary N) is 1. The molecule has 0 amide bonds. The summed E-state index contributed by atoms with van der Waals surface area (Å²) in [5.41, 5.74) is 2.16. The van der Waals surface area contributed by atoms with Crippen molar-refractivity contribution >= 4 is 17.3 Å². The van der Waals surface area contributed by atoms with Crippen LogP contribution in [0.15, 0.2) is 65.5 Å². The molecule has 0 spiro atoms. The van der Waals surface area contributed by atoms with Crippen molar-refractivity contribution in [3.63, 3.8) is 0 Å². The van der Waals surface area contributed by atoms with E-state index in [1.165, 1.54) is 5.69 Å². The average Bonchev–Trinajstić information content (AvgIpc) is 3.45. The van der Waals surface area contributed by atoms with E-state index in [9.17, 15) is 0 Å². The van der Waals surface area contributed by atoms with Gasteiger partial charge in [-0.05, 0) is 55.0 Å². The summed E-state index contributed by atoms with van der Waals surface area (Å²) in [6.45, 7) is 2.20. The lowest BCUT2D eigenvalue weighted by Crippen LogP contribution is -2.32. The van der Waals surface area contributed by atoms with Crippen LogP contribution in [-0.4, -0.2) is 39.8 Å². The standard InChI is InChI=1S/C21H24N4O2S/c1-26-13-6-12-25-20(19(23-21(25)28)17-8-2-3-10-22-17)18-9-4-11-24(18)15-16-7-5-14-27-16/h2-5,7-11,14,19-20H,6,12-13,15H2,1H3,(H,23,28)/t19-,20-/m0/s1. The number of rotatable bonds is 8. The van der Waals surface area contributed by atoms with Gasteiger partial charge in [0.25, 0.3) is 0 Å². The SMILES string of the molecule is COCCCN1C(=S)N[C@@H](c2ccccn2)[C@@H]1c1cccn1Cc1ccco1. The van der Waals surface area contributed by atoms with Crippen molar-refractivity contribution in [2.45, 2.75) is 25.0 Å². The van der Waals surface area contributed by atoms with Crippen molar-refractivity contribution in [1.29, 1.82) is 0 Å². The summed E-state index contributed by atoms with van der Waals surface area (Å²) in [7, 11) is 1.73. The molecule has 0 bridgehead atoms. The minimum atomic E-state index is -0.0125. The van der Waals surface area contributed by atoms with Crippen LogP contribution >= 0.6 is 12.2 Å². The first-order valence-electron chi connectivity index (χ1n) is 9.42. The Kier molecular flexibility index (Phi) is 5.73. The van der Waals surface area contributed by atoms with Gasteiger partial charge >= 0.3 is 0 Å². The van der Waals surface area contributed by atoms with Crippen molar-refractivity contribution in [3.05, 3.63) is 78.3 Å². The van der Waals surface area contributed by atoms with E-state index in [1.54, 1.807) is 13.4 Å². The van der Waals surface area contributed by atoms with Gasteiger partial charge in [-0.1, -0.05) is 6.07 Å². The van der Waals surface area contributed by atoms with Crippen LogP contribution in [0.1, 0.15) is 35.7 Å². The normalized spacial score (nSPS) is 19.2. The fourth-order valence-corrected chi connectivity index (χ4v) is 4.09. The molecule has 1 saturated heterocycles. The van der Waals surface area contributed by atoms with Crippen LogP contribution in [0.3, 0.4) is 0 Å². The van der Waals surface area contributed by atoms with Gasteiger partial charge in [-0.3, -0.25) is 4.98 Å². The molecule has 4 heterocycles. The number of hydrogen-bond donors (Lipinski definition) is 1. The third-order valence-electron chi connectivity index (χ3n) is 5.02. The van der Waals surface area contributed by atoms with Gasteiger partial charge in [0, 0.05) is 38.3 Å². The Bertz CT molecular complexity index is 894. The summed E-state index contributed by atoms with van der Waals surface area (Å²) in [5, 5.41) is 4.24. The summed E-state index contributed by atoms with van der Waals surface area (Å²) < 4.78 is 13.0. The largest absolute Gasteiger partial charge is 0.467 e. The Hall–Kier alpha value is -2.64. The van der Waals surface area contributed by atoms with E-state index in [0.717, 1.165) is 29.5 Å². The molecule has 4 rings (SSSR count). The van der Waals surface area contributed by atoms with Gasteiger partial charge in [0.1, 0.15) is 5.76 Å². The molecule has 0 saturated carbocycles. The van der Waals surface area contributed by atoms with Crippen LogP contribution in [-0.2, 0) is 11.3 Å². The first kappa shape index (κ1) is 18.7. The van der Waals surface area contributed by atoms with Gasteiger partial charge in [0.2, 0.25) is 0 Å². The Morgan fingerprint density at radius 2 is 2.14 bits per heavy atom. The first-order chi connectivity index (χ1) is 13.8. The van der Waals surface area contributed by atoms with Gasteiger partial charge in [-0.15, -0.1) is 0 Å². The lowest BCUT2D eigenvalue weighted by Gasteiger charge is -2.28. The average molecular weight is 397 g/mol. The van der Waals surface area contributed by atoms with Crippen LogP contribution in [0, 0.1) is 0 Å². The third kappa shape index (κ3) is 3.81. The second kappa shape index (κ2) is 8.58. The molecule has 1 fully saturated rings. The smallest absolute Gasteiger partial charge is 0.170 e. The fraction of sp³-hybridized carbons (Fsp3) is 0.333. The van der Waals surface area contributed by atoms with E-state index in [2.05, 4.69) is 38.1 Å². The minimum Gasteiger partial charge on any atom is -0.467 e. The van der Waals surface area contributed by atoms with Gasteiger partial charge in [0.15, 0.2) is 5.11 Å². The lowest BCUT2D eigenvalue weighted by molar-refractivity contribution is 0.179. The van der Waals surface area contributed by atoms with Crippen molar-refractivity contribution in [3.8, 4) is 0 Å². The molecule has 28 heavy (non-hydrogen) atoms. The molecule has 0 aliphatic carbocycles. The summed E-state index contributed by atoms with van der Waals surface area (Å²) in [6, 6.07) is 14.2. The molecule has 0 aromatic carbocycles. The predicted octanol–water partition coefficient (Wildman–Crippen LogP) is 3.53. The van der Waals surface area contributed by atoms with Crippen molar-refractivity contribution in [2.75, 3.05) is 20.3 Å². The van der Waals surface area contributed by atoms with E-state index in [0.29, 0.717) is 13.2 Å². The number of hydrogen-bond acceptors (Lipinski definition) is 4. The Morgan fingerprint density at radius 1 is 1.21 bits per heavy atom. The molecular weight excluding hydrogens is 372 g/mol. The number of methoxy groups -OCH3 is 1. The second-order valence-corrected chi connectivity index (χ2v) is 7.19. The van der Waals surface area contributed by atoms with Crippen LogP contribution in [0.4, 0.5) is 0 Å². The number of pyridine rings is 1. The number of aromatic nitrogens is 2. The highest BCUT2D eigenvalue weighted by molar-refractivity contribution is 7.80. The van der Waals surface area contributed by atoms with Gasteiger partial charge < -0.3 is 23.9 Å².